The van der Waals surface area contributed by atoms with Crippen molar-refractivity contribution in [3.05, 3.63) is 34.9 Å². The normalized spacial score (nSPS) is 9.42. The number of aryl methyl sites for hydroxylation is 1. The molecule has 1 aromatic carbocycles. The second-order valence-electron chi connectivity index (χ2n) is 4.16. The van der Waals surface area contributed by atoms with Crippen LogP contribution in [0.5, 0.6) is 0 Å². The van der Waals surface area contributed by atoms with Crippen LogP contribution in [0.3, 0.4) is 0 Å². The molecule has 0 bridgehead atoms. The van der Waals surface area contributed by atoms with E-state index in [0.717, 1.165) is 11.1 Å². The number of primary amides is 1. The monoisotopic (exact) mass is 259 g/mol. The fourth-order valence-corrected chi connectivity index (χ4v) is 1.61. The molecule has 1 rings (SSSR count). The third-order valence-electron chi connectivity index (χ3n) is 2.54. The van der Waals surface area contributed by atoms with Gasteiger partial charge in [0.2, 0.25) is 5.91 Å². The molecule has 0 atom stereocenters. The highest BCUT2D eigenvalue weighted by atomic mass is 16.2. The van der Waals surface area contributed by atoms with Crippen molar-refractivity contribution in [3.8, 4) is 11.8 Å². The van der Waals surface area contributed by atoms with Crippen LogP contribution in [-0.4, -0.2) is 36.9 Å². The molecule has 0 saturated heterocycles. The van der Waals surface area contributed by atoms with E-state index in [-0.39, 0.29) is 12.5 Å². The zero-order chi connectivity index (χ0) is 14.4. The van der Waals surface area contributed by atoms with Crippen molar-refractivity contribution < 1.29 is 9.59 Å². The van der Waals surface area contributed by atoms with Crippen molar-refractivity contribution in [2.45, 2.75) is 6.92 Å². The van der Waals surface area contributed by atoms with Gasteiger partial charge >= 0.3 is 0 Å². The van der Waals surface area contributed by atoms with Gasteiger partial charge in [-0.15, -0.1) is 0 Å². The van der Waals surface area contributed by atoms with E-state index < -0.39 is 5.91 Å². The number of benzene rings is 1. The number of likely N-dealkylation sites (N-methyl/N-ethyl adjacent to an activating group) is 1. The van der Waals surface area contributed by atoms with Crippen molar-refractivity contribution in [3.63, 3.8) is 0 Å². The van der Waals surface area contributed by atoms with Gasteiger partial charge in [0, 0.05) is 18.2 Å². The van der Waals surface area contributed by atoms with Gasteiger partial charge in [-0.3, -0.25) is 9.59 Å². The lowest BCUT2D eigenvalue weighted by Crippen LogP contribution is -2.35. The summed E-state index contributed by atoms with van der Waals surface area (Å²) in [5.74, 6) is 4.90. The molecule has 0 fully saturated rings. The standard InChI is InChI=1S/C14H17N3O2/c1-10-8-12(6-5-11(10)4-3-7-15)14(19)17(2)9-13(16)18/h5-6,8H,7,9,15H2,1-2H3,(H2,16,18). The number of carbonyl (C=O) groups excluding carboxylic acids is 2. The molecular formula is C14H17N3O2. The van der Waals surface area contributed by atoms with Crippen LogP contribution >= 0.6 is 0 Å². The first-order chi connectivity index (χ1) is 8.95. The van der Waals surface area contributed by atoms with Gasteiger partial charge in [-0.25, -0.2) is 0 Å². The molecule has 4 N–H and O–H groups in total. The first kappa shape index (κ1) is 14.7. The third-order valence-corrected chi connectivity index (χ3v) is 2.54. The first-order valence-electron chi connectivity index (χ1n) is 5.79. The van der Waals surface area contributed by atoms with Crippen LogP contribution in [0.4, 0.5) is 0 Å². The molecule has 1 aromatic rings. The maximum absolute atomic E-state index is 12.0. The Balaban J connectivity index is 2.94. The van der Waals surface area contributed by atoms with Crippen LogP contribution in [0.25, 0.3) is 0 Å². The van der Waals surface area contributed by atoms with Gasteiger partial charge < -0.3 is 16.4 Å². The van der Waals surface area contributed by atoms with Crippen molar-refractivity contribution in [2.24, 2.45) is 11.5 Å². The average Bonchev–Trinajstić information content (AvgIpc) is 2.35. The summed E-state index contributed by atoms with van der Waals surface area (Å²) in [6.45, 7) is 2.06. The van der Waals surface area contributed by atoms with Gasteiger partial charge in [0.15, 0.2) is 0 Å². The Bertz CT molecular complexity index is 556. The van der Waals surface area contributed by atoms with E-state index in [2.05, 4.69) is 11.8 Å². The number of rotatable bonds is 3. The van der Waals surface area contributed by atoms with E-state index in [1.165, 1.54) is 11.9 Å². The van der Waals surface area contributed by atoms with E-state index in [1.807, 2.05) is 6.92 Å². The fraction of sp³-hybridized carbons (Fsp3) is 0.286. The lowest BCUT2D eigenvalue weighted by atomic mass is 10.0. The topological polar surface area (TPSA) is 89.4 Å². The molecule has 0 radical (unpaired) electrons. The average molecular weight is 259 g/mol. The molecule has 0 aliphatic heterocycles. The molecule has 0 saturated carbocycles. The lowest BCUT2D eigenvalue weighted by Gasteiger charge is -2.15. The maximum Gasteiger partial charge on any atom is 0.254 e. The SMILES string of the molecule is Cc1cc(C(=O)N(C)CC(N)=O)ccc1C#CCN. The van der Waals surface area contributed by atoms with Gasteiger partial charge in [-0.2, -0.15) is 0 Å². The van der Waals surface area contributed by atoms with Crippen LogP contribution in [0.15, 0.2) is 18.2 Å². The Labute approximate surface area is 112 Å². The van der Waals surface area contributed by atoms with Gasteiger partial charge in [0.05, 0.1) is 13.1 Å². The molecule has 0 heterocycles. The van der Waals surface area contributed by atoms with Crippen LogP contribution in [0.2, 0.25) is 0 Å². The van der Waals surface area contributed by atoms with Crippen LogP contribution in [-0.2, 0) is 4.79 Å². The molecular weight excluding hydrogens is 242 g/mol. The quantitative estimate of drug-likeness (QED) is 0.740. The molecule has 5 nitrogen and oxygen atoms in total. The second kappa shape index (κ2) is 6.57. The molecule has 0 aliphatic rings. The van der Waals surface area contributed by atoms with Gasteiger partial charge in [0.25, 0.3) is 5.91 Å². The van der Waals surface area contributed by atoms with E-state index in [9.17, 15) is 9.59 Å². The van der Waals surface area contributed by atoms with Gasteiger partial charge in [0.1, 0.15) is 0 Å². The molecule has 2 amide bonds. The van der Waals surface area contributed by atoms with E-state index in [4.69, 9.17) is 11.5 Å². The summed E-state index contributed by atoms with van der Waals surface area (Å²) in [4.78, 5) is 24.1. The summed E-state index contributed by atoms with van der Waals surface area (Å²) in [7, 11) is 1.53. The summed E-state index contributed by atoms with van der Waals surface area (Å²) >= 11 is 0. The number of hydrogen-bond donors (Lipinski definition) is 2. The predicted molar refractivity (Wildman–Crippen MR) is 73.3 cm³/mol. The minimum atomic E-state index is -0.544. The summed E-state index contributed by atoms with van der Waals surface area (Å²) in [6, 6.07) is 5.18. The van der Waals surface area contributed by atoms with Crippen molar-refractivity contribution in [1.29, 1.82) is 0 Å². The molecule has 0 unspecified atom stereocenters. The van der Waals surface area contributed by atoms with Crippen LogP contribution in [0.1, 0.15) is 21.5 Å². The largest absolute Gasteiger partial charge is 0.368 e. The summed E-state index contributed by atoms with van der Waals surface area (Å²) in [6.07, 6.45) is 0. The Kier molecular flexibility index (Phi) is 5.10. The number of nitrogens with zero attached hydrogens (tertiary/aromatic N) is 1. The molecule has 0 aliphatic carbocycles. The minimum Gasteiger partial charge on any atom is -0.368 e. The summed E-state index contributed by atoms with van der Waals surface area (Å²) in [5, 5.41) is 0. The summed E-state index contributed by atoms with van der Waals surface area (Å²) in [5.41, 5.74) is 12.6. The zero-order valence-corrected chi connectivity index (χ0v) is 11.1. The van der Waals surface area contributed by atoms with Gasteiger partial charge in [-0.05, 0) is 30.7 Å². The Morgan fingerprint density at radius 1 is 1.37 bits per heavy atom. The third kappa shape index (κ3) is 4.12. The van der Waals surface area contributed by atoms with E-state index in [0.29, 0.717) is 12.1 Å². The molecule has 0 aromatic heterocycles. The molecule has 5 heteroatoms. The smallest absolute Gasteiger partial charge is 0.254 e. The summed E-state index contributed by atoms with van der Waals surface area (Å²) < 4.78 is 0. The fourth-order valence-electron chi connectivity index (χ4n) is 1.61. The number of amides is 2. The highest BCUT2D eigenvalue weighted by Gasteiger charge is 2.14. The van der Waals surface area contributed by atoms with Crippen LogP contribution < -0.4 is 11.5 Å². The number of hydrogen-bond acceptors (Lipinski definition) is 3. The van der Waals surface area contributed by atoms with Crippen LogP contribution in [0, 0.1) is 18.8 Å². The highest BCUT2D eigenvalue weighted by Crippen LogP contribution is 2.11. The first-order valence-corrected chi connectivity index (χ1v) is 5.79. The van der Waals surface area contributed by atoms with E-state index >= 15 is 0 Å². The van der Waals surface area contributed by atoms with Crippen molar-refractivity contribution >= 4 is 11.8 Å². The second-order valence-corrected chi connectivity index (χ2v) is 4.16. The lowest BCUT2D eigenvalue weighted by molar-refractivity contribution is -0.118. The highest BCUT2D eigenvalue weighted by molar-refractivity contribution is 5.96. The van der Waals surface area contributed by atoms with Crippen molar-refractivity contribution in [2.75, 3.05) is 20.1 Å². The molecule has 0 spiro atoms. The van der Waals surface area contributed by atoms with Crippen molar-refractivity contribution in [1.82, 2.24) is 4.90 Å². The Morgan fingerprint density at radius 2 is 2.05 bits per heavy atom. The van der Waals surface area contributed by atoms with Gasteiger partial charge in [-0.1, -0.05) is 11.8 Å². The maximum atomic E-state index is 12.0. The Hall–Kier alpha value is -2.32. The zero-order valence-electron chi connectivity index (χ0n) is 11.1. The molecule has 19 heavy (non-hydrogen) atoms. The molecule has 100 valence electrons. The Morgan fingerprint density at radius 3 is 2.58 bits per heavy atom. The van der Waals surface area contributed by atoms with E-state index in [1.54, 1.807) is 18.2 Å². The number of nitrogens with two attached hydrogens (primary N) is 2. The predicted octanol–water partition coefficient (Wildman–Crippen LogP) is -0.137. The number of carbonyl (C=O) groups is 2. The minimum absolute atomic E-state index is 0.105.